The van der Waals surface area contributed by atoms with Gasteiger partial charge in [-0.15, -0.1) is 0 Å². The van der Waals surface area contributed by atoms with Crippen LogP contribution in [0.15, 0.2) is 78.9 Å². The molecule has 0 bridgehead atoms. The van der Waals surface area contributed by atoms with E-state index < -0.39 is 0 Å². The Balaban J connectivity index is 1.26. The molecule has 1 aliphatic heterocycles. The van der Waals surface area contributed by atoms with Crippen LogP contribution in [0.25, 0.3) is 27.7 Å². The Hall–Kier alpha value is -3.34. The fourth-order valence-corrected chi connectivity index (χ4v) is 5.66. The predicted octanol–water partition coefficient (Wildman–Crippen LogP) is 6.95. The largest absolute Gasteiger partial charge is 0.489 e. The maximum absolute atomic E-state index is 6.19. The van der Waals surface area contributed by atoms with Crippen LogP contribution in [0.3, 0.4) is 0 Å². The smallest absolute Gasteiger partial charge is 0.119 e. The summed E-state index contributed by atoms with van der Waals surface area (Å²) in [6, 6.07) is 27.8. The first kappa shape index (κ1) is 23.1. The van der Waals surface area contributed by atoms with Gasteiger partial charge in [0.05, 0.1) is 24.2 Å². The summed E-state index contributed by atoms with van der Waals surface area (Å²) in [7, 11) is 0. The molecule has 0 atom stereocenters. The van der Waals surface area contributed by atoms with Gasteiger partial charge in [-0.3, -0.25) is 0 Å². The molecular formula is C32H34N2O2. The Morgan fingerprint density at radius 1 is 0.806 bits per heavy atom. The molecule has 0 radical (unpaired) electrons. The molecule has 0 spiro atoms. The van der Waals surface area contributed by atoms with E-state index in [1.54, 1.807) is 0 Å². The second kappa shape index (κ2) is 10.3. The van der Waals surface area contributed by atoms with E-state index in [-0.39, 0.29) is 0 Å². The molecule has 36 heavy (non-hydrogen) atoms. The van der Waals surface area contributed by atoms with E-state index in [2.05, 4.69) is 76.9 Å². The highest BCUT2D eigenvalue weighted by atomic mass is 16.5. The molecule has 0 amide bonds. The van der Waals surface area contributed by atoms with E-state index in [1.165, 1.54) is 70.3 Å². The number of pyridine rings is 1. The SMILES string of the molecule is CCc1c(-c2ccc(OCc3ccccc3)cc2)c2ccc3ccc(COCCN4CCCC4)c1n32. The summed E-state index contributed by atoms with van der Waals surface area (Å²) in [5.74, 6) is 0.893. The van der Waals surface area contributed by atoms with Crippen LogP contribution in [0, 0.1) is 0 Å². The van der Waals surface area contributed by atoms with Crippen LogP contribution in [0.1, 0.15) is 36.5 Å². The number of aromatic nitrogens is 1. The second-order valence-corrected chi connectivity index (χ2v) is 9.79. The number of nitrogens with zero attached hydrogens (tertiary/aromatic N) is 2. The van der Waals surface area contributed by atoms with Gasteiger partial charge in [-0.25, -0.2) is 0 Å². The van der Waals surface area contributed by atoms with Gasteiger partial charge in [0.15, 0.2) is 0 Å². The number of hydrogen-bond donors (Lipinski definition) is 0. The molecule has 4 heteroatoms. The maximum Gasteiger partial charge on any atom is 0.119 e. The third kappa shape index (κ3) is 4.47. The van der Waals surface area contributed by atoms with Crippen molar-refractivity contribution >= 4 is 16.6 Å². The van der Waals surface area contributed by atoms with Crippen molar-refractivity contribution in [1.29, 1.82) is 0 Å². The van der Waals surface area contributed by atoms with Gasteiger partial charge >= 0.3 is 0 Å². The molecule has 4 heterocycles. The van der Waals surface area contributed by atoms with Crippen LogP contribution in [0.4, 0.5) is 0 Å². The van der Waals surface area contributed by atoms with Crippen molar-refractivity contribution < 1.29 is 9.47 Å². The third-order valence-electron chi connectivity index (χ3n) is 7.49. The second-order valence-electron chi connectivity index (χ2n) is 9.79. The molecule has 1 fully saturated rings. The fraction of sp³-hybridized carbons (Fsp3) is 0.312. The molecule has 4 nitrogen and oxygen atoms in total. The molecule has 0 unspecified atom stereocenters. The quantitative estimate of drug-likeness (QED) is 0.203. The maximum atomic E-state index is 6.19. The zero-order chi connectivity index (χ0) is 24.3. The highest BCUT2D eigenvalue weighted by molar-refractivity contribution is 5.96. The molecule has 2 aromatic carbocycles. The number of aryl methyl sites for hydroxylation is 1. The predicted molar refractivity (Wildman–Crippen MR) is 147 cm³/mol. The topological polar surface area (TPSA) is 26.1 Å². The highest BCUT2D eigenvalue weighted by Crippen LogP contribution is 2.39. The van der Waals surface area contributed by atoms with Gasteiger partial charge < -0.3 is 18.8 Å². The number of likely N-dealkylation sites (tertiary alicyclic amines) is 1. The van der Waals surface area contributed by atoms with Gasteiger partial charge in [0, 0.05) is 23.2 Å². The minimum Gasteiger partial charge on any atom is -0.489 e. The molecular weight excluding hydrogens is 444 g/mol. The van der Waals surface area contributed by atoms with Gasteiger partial charge in [-0.05, 0) is 79.4 Å². The molecule has 1 saturated heterocycles. The molecule has 3 aromatic heterocycles. The standard InChI is InChI=1S/C32H34N2O2/c1-2-29-31(25-11-15-28(16-12-25)36-22-24-8-4-3-5-9-24)30-17-14-27-13-10-26(32(29)34(27)30)23-35-21-20-33-18-6-7-19-33/h3-5,8-17H,2,6-7,18-23H2,1H3. The Labute approximate surface area is 213 Å². The Morgan fingerprint density at radius 2 is 1.58 bits per heavy atom. The van der Waals surface area contributed by atoms with Crippen molar-refractivity contribution in [2.75, 3.05) is 26.2 Å². The highest BCUT2D eigenvalue weighted by Gasteiger charge is 2.20. The number of ether oxygens (including phenoxy) is 2. The van der Waals surface area contributed by atoms with Crippen molar-refractivity contribution in [2.45, 2.75) is 39.4 Å². The summed E-state index contributed by atoms with van der Waals surface area (Å²) < 4.78 is 14.7. The molecule has 1 aliphatic rings. The normalized spacial score (nSPS) is 14.4. The summed E-state index contributed by atoms with van der Waals surface area (Å²) in [6.07, 6.45) is 3.62. The lowest BCUT2D eigenvalue weighted by molar-refractivity contribution is 0.0998. The summed E-state index contributed by atoms with van der Waals surface area (Å²) in [6.45, 7) is 7.75. The van der Waals surface area contributed by atoms with Gasteiger partial charge in [-0.2, -0.15) is 0 Å². The van der Waals surface area contributed by atoms with Crippen molar-refractivity contribution in [3.05, 3.63) is 95.6 Å². The third-order valence-corrected chi connectivity index (χ3v) is 7.49. The van der Waals surface area contributed by atoms with Crippen molar-refractivity contribution in [1.82, 2.24) is 9.30 Å². The molecule has 0 N–H and O–H groups in total. The van der Waals surface area contributed by atoms with Crippen LogP contribution in [0.5, 0.6) is 5.75 Å². The van der Waals surface area contributed by atoms with Crippen molar-refractivity contribution in [2.24, 2.45) is 0 Å². The van der Waals surface area contributed by atoms with Crippen LogP contribution >= 0.6 is 0 Å². The van der Waals surface area contributed by atoms with Crippen molar-refractivity contribution in [3.63, 3.8) is 0 Å². The number of benzene rings is 2. The molecule has 0 saturated carbocycles. The lowest BCUT2D eigenvalue weighted by Crippen LogP contribution is -2.23. The van der Waals surface area contributed by atoms with Gasteiger partial charge in [0.2, 0.25) is 0 Å². The molecule has 6 rings (SSSR count). The van der Waals surface area contributed by atoms with E-state index >= 15 is 0 Å². The van der Waals surface area contributed by atoms with E-state index in [0.29, 0.717) is 13.2 Å². The lowest BCUT2D eigenvalue weighted by Gasteiger charge is -2.15. The first-order chi connectivity index (χ1) is 17.8. The van der Waals surface area contributed by atoms with E-state index in [0.717, 1.165) is 25.3 Å². The molecule has 0 aliphatic carbocycles. The average molecular weight is 479 g/mol. The Bertz CT molecular complexity index is 1420. The molecule has 5 aromatic rings. The summed E-state index contributed by atoms with van der Waals surface area (Å²) in [4.78, 5) is 2.51. The first-order valence-corrected chi connectivity index (χ1v) is 13.3. The fourth-order valence-electron chi connectivity index (χ4n) is 5.66. The van der Waals surface area contributed by atoms with E-state index in [9.17, 15) is 0 Å². The van der Waals surface area contributed by atoms with Gasteiger partial charge in [0.25, 0.3) is 0 Å². The van der Waals surface area contributed by atoms with E-state index in [4.69, 9.17) is 9.47 Å². The Morgan fingerprint density at radius 3 is 2.36 bits per heavy atom. The van der Waals surface area contributed by atoms with Crippen molar-refractivity contribution in [3.8, 4) is 16.9 Å². The number of rotatable bonds is 10. The van der Waals surface area contributed by atoms with Crippen LogP contribution in [-0.2, 0) is 24.4 Å². The summed E-state index contributed by atoms with van der Waals surface area (Å²) >= 11 is 0. The summed E-state index contributed by atoms with van der Waals surface area (Å²) in [5, 5.41) is 0. The molecule has 184 valence electrons. The van der Waals surface area contributed by atoms with Crippen LogP contribution in [-0.4, -0.2) is 35.5 Å². The Kier molecular flexibility index (Phi) is 6.63. The van der Waals surface area contributed by atoms with Gasteiger partial charge in [0.1, 0.15) is 12.4 Å². The average Bonchev–Trinajstić information content (AvgIpc) is 3.66. The summed E-state index contributed by atoms with van der Waals surface area (Å²) in [5.41, 5.74) is 10.2. The van der Waals surface area contributed by atoms with Gasteiger partial charge in [-0.1, -0.05) is 55.5 Å². The zero-order valence-electron chi connectivity index (χ0n) is 21.1. The minimum absolute atomic E-state index is 0.578. The first-order valence-electron chi connectivity index (χ1n) is 13.3. The number of hydrogen-bond acceptors (Lipinski definition) is 3. The van der Waals surface area contributed by atoms with Crippen LogP contribution < -0.4 is 4.74 Å². The van der Waals surface area contributed by atoms with E-state index in [1.807, 2.05) is 18.2 Å². The lowest BCUT2D eigenvalue weighted by atomic mass is 9.98. The minimum atomic E-state index is 0.578. The monoisotopic (exact) mass is 478 g/mol. The van der Waals surface area contributed by atoms with Crippen LogP contribution in [0.2, 0.25) is 0 Å². The zero-order valence-corrected chi connectivity index (χ0v) is 21.1.